The zero-order valence-electron chi connectivity index (χ0n) is 8.90. The Hall–Kier alpha value is -1.65. The minimum absolute atomic E-state index is 0.114. The van der Waals surface area contributed by atoms with Crippen molar-refractivity contribution in [2.75, 3.05) is 6.61 Å². The number of hydrogen-bond acceptors (Lipinski definition) is 4. The summed E-state index contributed by atoms with van der Waals surface area (Å²) in [6, 6.07) is 1.63. The number of aromatic nitrogens is 2. The first-order chi connectivity index (χ1) is 7.13. The molecule has 1 aromatic rings. The highest BCUT2D eigenvalue weighted by molar-refractivity contribution is 5.95. The monoisotopic (exact) mass is 210 g/mol. The topological polar surface area (TPSA) is 61.2 Å². The van der Waals surface area contributed by atoms with Gasteiger partial charge in [-0.05, 0) is 13.0 Å². The first-order valence-corrected chi connectivity index (χ1v) is 4.82. The van der Waals surface area contributed by atoms with Crippen LogP contribution in [0.2, 0.25) is 0 Å². The third-order valence-corrected chi connectivity index (χ3v) is 1.86. The molecule has 0 atom stereocenters. The number of carbonyl (C=O) groups excluding carboxylic acids is 2. The average molecular weight is 210 g/mol. The molecule has 15 heavy (non-hydrogen) atoms. The lowest BCUT2D eigenvalue weighted by atomic mass is 10.2. The van der Waals surface area contributed by atoms with Gasteiger partial charge in [-0.15, -0.1) is 0 Å². The normalized spacial score (nSPS) is 10.0. The summed E-state index contributed by atoms with van der Waals surface area (Å²) in [6.45, 7) is 2.08. The van der Waals surface area contributed by atoms with E-state index in [1.54, 1.807) is 30.9 Å². The third kappa shape index (κ3) is 3.53. The van der Waals surface area contributed by atoms with Gasteiger partial charge in [0.15, 0.2) is 5.78 Å². The summed E-state index contributed by atoms with van der Waals surface area (Å²) >= 11 is 0. The maximum Gasteiger partial charge on any atom is 0.306 e. The predicted octanol–water partition coefficient (Wildman–Crippen LogP) is 0.946. The Kier molecular flexibility index (Phi) is 4.03. The standard InChI is InChI=1S/C10H14N2O3/c1-3-15-10(14)5-4-9(13)8-6-7-12(2)11-8/h6-7H,3-5H2,1-2H3. The maximum absolute atomic E-state index is 11.5. The number of carbonyl (C=O) groups is 2. The summed E-state index contributed by atoms with van der Waals surface area (Å²) in [5.41, 5.74) is 0.391. The van der Waals surface area contributed by atoms with Gasteiger partial charge in [0.2, 0.25) is 0 Å². The zero-order valence-corrected chi connectivity index (χ0v) is 8.90. The van der Waals surface area contributed by atoms with Crippen molar-refractivity contribution in [1.82, 2.24) is 9.78 Å². The summed E-state index contributed by atoms with van der Waals surface area (Å²) in [5, 5.41) is 3.95. The van der Waals surface area contributed by atoms with Crippen molar-refractivity contribution < 1.29 is 14.3 Å². The van der Waals surface area contributed by atoms with Crippen LogP contribution in [0.5, 0.6) is 0 Å². The number of ketones is 1. The molecule has 0 fully saturated rings. The van der Waals surface area contributed by atoms with E-state index in [1.807, 2.05) is 0 Å². The molecule has 5 nitrogen and oxygen atoms in total. The number of hydrogen-bond donors (Lipinski definition) is 0. The molecule has 0 bridgehead atoms. The Morgan fingerprint density at radius 2 is 2.20 bits per heavy atom. The van der Waals surface area contributed by atoms with Gasteiger partial charge < -0.3 is 4.74 Å². The average Bonchev–Trinajstić information content (AvgIpc) is 2.62. The van der Waals surface area contributed by atoms with Crippen molar-refractivity contribution in [3.63, 3.8) is 0 Å². The van der Waals surface area contributed by atoms with E-state index in [2.05, 4.69) is 5.10 Å². The Bertz CT molecular complexity index is 357. The fraction of sp³-hybridized carbons (Fsp3) is 0.500. The van der Waals surface area contributed by atoms with E-state index in [4.69, 9.17) is 4.74 Å². The van der Waals surface area contributed by atoms with Crippen molar-refractivity contribution >= 4 is 11.8 Å². The van der Waals surface area contributed by atoms with E-state index >= 15 is 0 Å². The highest BCUT2D eigenvalue weighted by Crippen LogP contribution is 2.03. The molecule has 0 unspecified atom stereocenters. The highest BCUT2D eigenvalue weighted by Gasteiger charge is 2.11. The van der Waals surface area contributed by atoms with Crippen LogP contribution in [0.3, 0.4) is 0 Å². The number of rotatable bonds is 5. The Morgan fingerprint density at radius 1 is 1.47 bits per heavy atom. The summed E-state index contributed by atoms with van der Waals surface area (Å²) in [4.78, 5) is 22.5. The molecule has 0 aromatic carbocycles. The van der Waals surface area contributed by atoms with Crippen LogP contribution in [-0.4, -0.2) is 28.1 Å². The van der Waals surface area contributed by atoms with E-state index in [0.717, 1.165) is 0 Å². The summed E-state index contributed by atoms with van der Waals surface area (Å²) in [5.74, 6) is -0.481. The minimum atomic E-state index is -0.346. The molecule has 0 aliphatic rings. The van der Waals surface area contributed by atoms with Crippen LogP contribution in [-0.2, 0) is 16.6 Å². The molecule has 1 aromatic heterocycles. The van der Waals surface area contributed by atoms with Crippen LogP contribution in [0.15, 0.2) is 12.3 Å². The SMILES string of the molecule is CCOC(=O)CCC(=O)c1ccn(C)n1. The molecule has 5 heteroatoms. The molecule has 1 heterocycles. The van der Waals surface area contributed by atoms with Crippen molar-refractivity contribution in [3.05, 3.63) is 18.0 Å². The molecule has 0 aliphatic heterocycles. The maximum atomic E-state index is 11.5. The molecule has 0 saturated carbocycles. The lowest BCUT2D eigenvalue weighted by Gasteiger charge is -1.99. The second-order valence-corrected chi connectivity index (χ2v) is 3.10. The van der Waals surface area contributed by atoms with Crippen LogP contribution in [0, 0.1) is 0 Å². The first-order valence-electron chi connectivity index (χ1n) is 4.82. The smallest absolute Gasteiger partial charge is 0.306 e. The lowest BCUT2D eigenvalue weighted by Crippen LogP contribution is -2.08. The van der Waals surface area contributed by atoms with Crippen LogP contribution < -0.4 is 0 Å². The van der Waals surface area contributed by atoms with Crippen molar-refractivity contribution in [2.45, 2.75) is 19.8 Å². The quantitative estimate of drug-likeness (QED) is 0.536. The summed E-state index contributed by atoms with van der Waals surface area (Å²) in [6.07, 6.45) is 1.96. The minimum Gasteiger partial charge on any atom is -0.466 e. The number of ether oxygens (including phenoxy) is 1. The molecule has 0 spiro atoms. The summed E-state index contributed by atoms with van der Waals surface area (Å²) in [7, 11) is 1.74. The third-order valence-electron chi connectivity index (χ3n) is 1.86. The van der Waals surface area contributed by atoms with Gasteiger partial charge in [-0.1, -0.05) is 0 Å². The van der Waals surface area contributed by atoms with Gasteiger partial charge in [-0.25, -0.2) is 0 Å². The van der Waals surface area contributed by atoms with Crippen LogP contribution in [0.4, 0.5) is 0 Å². The van der Waals surface area contributed by atoms with E-state index in [1.165, 1.54) is 0 Å². The second-order valence-electron chi connectivity index (χ2n) is 3.10. The molecule has 0 amide bonds. The Labute approximate surface area is 88.0 Å². The largest absolute Gasteiger partial charge is 0.466 e. The molecular formula is C10H14N2O3. The molecule has 0 radical (unpaired) electrons. The van der Waals surface area contributed by atoms with Gasteiger partial charge in [-0.3, -0.25) is 14.3 Å². The molecule has 82 valence electrons. The second kappa shape index (κ2) is 5.29. The van der Waals surface area contributed by atoms with Crippen molar-refractivity contribution in [1.29, 1.82) is 0 Å². The van der Waals surface area contributed by atoms with Gasteiger partial charge in [0.05, 0.1) is 13.0 Å². The number of Topliss-reactive ketones (excluding diaryl/α,β-unsaturated/α-hetero) is 1. The van der Waals surface area contributed by atoms with Gasteiger partial charge in [0.1, 0.15) is 5.69 Å². The fourth-order valence-electron chi connectivity index (χ4n) is 1.14. The highest BCUT2D eigenvalue weighted by atomic mass is 16.5. The van der Waals surface area contributed by atoms with Gasteiger partial charge in [-0.2, -0.15) is 5.10 Å². The van der Waals surface area contributed by atoms with E-state index in [-0.39, 0.29) is 24.6 Å². The van der Waals surface area contributed by atoms with Gasteiger partial charge in [0.25, 0.3) is 0 Å². The fourth-order valence-corrected chi connectivity index (χ4v) is 1.14. The van der Waals surface area contributed by atoms with Crippen molar-refractivity contribution in [2.24, 2.45) is 7.05 Å². The zero-order chi connectivity index (χ0) is 11.3. The molecular weight excluding hydrogens is 196 g/mol. The van der Waals surface area contributed by atoms with Crippen LogP contribution in [0.25, 0.3) is 0 Å². The van der Waals surface area contributed by atoms with Gasteiger partial charge >= 0.3 is 5.97 Å². The van der Waals surface area contributed by atoms with E-state index < -0.39 is 0 Å². The molecule has 0 N–H and O–H groups in total. The number of nitrogens with zero attached hydrogens (tertiary/aromatic N) is 2. The Balaban J connectivity index is 2.40. The molecule has 0 aliphatic carbocycles. The predicted molar refractivity (Wildman–Crippen MR) is 53.4 cm³/mol. The van der Waals surface area contributed by atoms with E-state index in [0.29, 0.717) is 12.3 Å². The lowest BCUT2D eigenvalue weighted by molar-refractivity contribution is -0.143. The number of esters is 1. The van der Waals surface area contributed by atoms with E-state index in [9.17, 15) is 9.59 Å². The van der Waals surface area contributed by atoms with Gasteiger partial charge in [0, 0.05) is 19.7 Å². The molecule has 0 saturated heterocycles. The Morgan fingerprint density at radius 3 is 2.73 bits per heavy atom. The van der Waals surface area contributed by atoms with Crippen LogP contribution >= 0.6 is 0 Å². The number of aryl methyl sites for hydroxylation is 1. The summed E-state index contributed by atoms with van der Waals surface area (Å²) < 4.78 is 6.27. The van der Waals surface area contributed by atoms with Crippen LogP contribution in [0.1, 0.15) is 30.3 Å². The first kappa shape index (κ1) is 11.4. The molecule has 1 rings (SSSR count). The van der Waals surface area contributed by atoms with Crippen molar-refractivity contribution in [3.8, 4) is 0 Å².